The summed E-state index contributed by atoms with van der Waals surface area (Å²) in [5, 5.41) is 8.16. The van der Waals surface area contributed by atoms with Crippen LogP contribution in [-0.2, 0) is 18.3 Å². The number of rotatable bonds is 9. The highest BCUT2D eigenvalue weighted by Crippen LogP contribution is 2.39. The number of carboxylic acid groups (broad SMARTS) is 1. The summed E-state index contributed by atoms with van der Waals surface area (Å²) in [6.07, 6.45) is 0.810. The van der Waals surface area contributed by atoms with Crippen molar-refractivity contribution < 1.29 is 9.90 Å². The number of nitrogens with two attached hydrogens (primary N) is 1. The van der Waals surface area contributed by atoms with Crippen molar-refractivity contribution in [1.82, 2.24) is 9.55 Å². The SMILES string of the molecule is BC(B)(Cl)C(B)(B)N(c1ccc2c(c1)nc(CCC(N)C(=O)O)n2C)C(B)(B)C(B)(B)Cl. The van der Waals surface area contributed by atoms with Gasteiger partial charge in [-0.25, -0.2) is 4.98 Å². The Kier molecular flexibility index (Phi) is 7.66. The molecule has 164 valence electrons. The first-order valence-corrected chi connectivity index (χ1v) is 11.7. The molecule has 6 nitrogen and oxygen atoms in total. The van der Waals surface area contributed by atoms with E-state index in [1.807, 2.05) is 49.1 Å². The molecule has 0 bridgehead atoms. The molecule has 0 fully saturated rings. The number of nitrogens with zero attached hydrogens (tertiary/aromatic N) is 3. The van der Waals surface area contributed by atoms with Crippen molar-refractivity contribution in [3.63, 3.8) is 0 Å². The predicted molar refractivity (Wildman–Crippen MR) is 158 cm³/mol. The van der Waals surface area contributed by atoms with Gasteiger partial charge >= 0.3 is 5.97 Å². The van der Waals surface area contributed by atoms with Crippen molar-refractivity contribution in [1.29, 1.82) is 0 Å². The molecule has 1 aromatic heterocycles. The maximum Gasteiger partial charge on any atom is 0.320 e. The van der Waals surface area contributed by atoms with E-state index in [1.165, 1.54) is 0 Å². The topological polar surface area (TPSA) is 84.4 Å². The number of anilines is 1. The maximum absolute atomic E-state index is 11.1. The number of alkyl halides is 2. The first-order valence-electron chi connectivity index (χ1n) is 10.9. The zero-order valence-corrected chi connectivity index (χ0v) is 22.3. The van der Waals surface area contributed by atoms with E-state index in [4.69, 9.17) is 39.0 Å². The molecule has 1 aromatic carbocycles. The molecule has 1 atom stereocenters. The van der Waals surface area contributed by atoms with Gasteiger partial charge in [0.15, 0.2) is 0 Å². The molecule has 1 heterocycles. The summed E-state index contributed by atoms with van der Waals surface area (Å²) in [7, 11) is 18.5. The van der Waals surface area contributed by atoms with Gasteiger partial charge in [0.1, 0.15) is 74.6 Å². The van der Waals surface area contributed by atoms with Gasteiger partial charge in [-0.15, -0.1) is 23.2 Å². The van der Waals surface area contributed by atoms with E-state index < -0.39 is 32.0 Å². The smallest absolute Gasteiger partial charge is 0.320 e. The zero-order valence-electron chi connectivity index (χ0n) is 20.8. The van der Waals surface area contributed by atoms with Gasteiger partial charge in [-0.1, -0.05) is 0 Å². The third-order valence-electron chi connectivity index (χ3n) is 7.24. The number of aliphatic carboxylic acids is 1. The molecule has 2 rings (SSSR count). The summed E-state index contributed by atoms with van der Waals surface area (Å²) in [5.41, 5.74) is 8.46. The minimum absolute atomic E-state index is 0.326. The largest absolute Gasteiger partial charge is 0.480 e. The van der Waals surface area contributed by atoms with Crippen molar-refractivity contribution >= 4 is 109 Å². The minimum atomic E-state index is -1.00. The molecule has 0 aliphatic heterocycles. The number of carboxylic acids is 1. The molecule has 0 aliphatic carbocycles. The Morgan fingerprint density at radius 3 is 2.06 bits per heavy atom. The van der Waals surface area contributed by atoms with Crippen LogP contribution in [0.15, 0.2) is 18.2 Å². The van der Waals surface area contributed by atoms with E-state index >= 15 is 0 Å². The summed E-state index contributed by atoms with van der Waals surface area (Å²) >= 11 is 13.8. The van der Waals surface area contributed by atoms with Gasteiger partial charge in [-0.2, -0.15) is 0 Å². The molecule has 16 heteroatoms. The second-order valence-electron chi connectivity index (χ2n) is 10.6. The number of imidazole rings is 1. The van der Waals surface area contributed by atoms with Crippen LogP contribution in [-0.4, -0.2) is 109 Å². The quantitative estimate of drug-likeness (QED) is 0.283. The van der Waals surface area contributed by atoms with Crippen molar-refractivity contribution in [2.75, 3.05) is 4.90 Å². The Morgan fingerprint density at radius 1 is 1.12 bits per heavy atom. The zero-order chi connectivity index (χ0) is 24.9. The van der Waals surface area contributed by atoms with Crippen molar-refractivity contribution in [3.8, 4) is 0 Å². The van der Waals surface area contributed by atoms with Crippen molar-refractivity contribution in [2.45, 2.75) is 38.9 Å². The fourth-order valence-corrected chi connectivity index (χ4v) is 4.05. The Labute approximate surface area is 208 Å². The van der Waals surface area contributed by atoms with Gasteiger partial charge in [-0.05, 0) is 44.6 Å². The molecular formula is C16H30B8Cl2N4O2. The van der Waals surface area contributed by atoms with Crippen molar-refractivity contribution in [3.05, 3.63) is 24.0 Å². The van der Waals surface area contributed by atoms with E-state index in [9.17, 15) is 4.79 Å². The molecular weight excluding hydrogens is 438 g/mol. The number of hydrogen-bond acceptors (Lipinski definition) is 4. The van der Waals surface area contributed by atoms with Crippen LogP contribution < -0.4 is 10.6 Å². The lowest BCUT2D eigenvalue weighted by Crippen LogP contribution is -2.76. The van der Waals surface area contributed by atoms with E-state index in [-0.39, 0.29) is 0 Å². The minimum Gasteiger partial charge on any atom is -0.480 e. The number of benzene rings is 1. The van der Waals surface area contributed by atoms with Crippen LogP contribution in [0.4, 0.5) is 5.69 Å². The lowest BCUT2D eigenvalue weighted by Gasteiger charge is -2.60. The molecule has 32 heavy (non-hydrogen) atoms. The third kappa shape index (κ3) is 5.07. The fraction of sp³-hybridized carbons (Fsp3) is 0.500. The summed E-state index contributed by atoms with van der Waals surface area (Å²) in [5.74, 6) is -0.201. The first kappa shape index (κ1) is 27.3. The van der Waals surface area contributed by atoms with Gasteiger partial charge < -0.3 is 20.3 Å². The van der Waals surface area contributed by atoms with Crippen LogP contribution in [0.3, 0.4) is 0 Å². The lowest BCUT2D eigenvalue weighted by atomic mass is 9.36. The van der Waals surface area contributed by atoms with Crippen molar-refractivity contribution in [2.24, 2.45) is 12.8 Å². The maximum atomic E-state index is 11.1. The molecule has 1 unspecified atom stereocenters. The highest BCUT2D eigenvalue weighted by molar-refractivity contribution is 6.73. The van der Waals surface area contributed by atoms with E-state index in [0.717, 1.165) is 22.5 Å². The number of aryl methyl sites for hydroxylation is 2. The highest BCUT2D eigenvalue weighted by atomic mass is 35.5. The molecule has 0 radical (unpaired) electrons. The average Bonchev–Trinajstić information content (AvgIpc) is 2.92. The number of aromatic nitrogens is 2. The average molecular weight is 468 g/mol. The standard InChI is InChI=1S/C16H30B8Cl2N4O2/c1-29-10-4-2-7(6-9(10)28-11(29)5-3-8(27)12(31)32)30(15(21,22)13(17,18)25)16(23,24)14(19,20)26/h2,4,6,8H,3,5,17-24,27H2,1H3,(H,31,32). The van der Waals surface area contributed by atoms with Crippen LogP contribution in [0.1, 0.15) is 12.2 Å². The highest BCUT2D eigenvalue weighted by Gasteiger charge is 2.50. The molecule has 0 spiro atoms. The van der Waals surface area contributed by atoms with E-state index in [1.54, 1.807) is 0 Å². The first-order chi connectivity index (χ1) is 14.3. The van der Waals surface area contributed by atoms with Gasteiger partial charge in [0.2, 0.25) is 0 Å². The predicted octanol–water partition coefficient (Wildman–Crippen LogP) is -6.12. The number of fused-ring (bicyclic) bond motifs is 1. The Morgan fingerprint density at radius 2 is 1.62 bits per heavy atom. The molecule has 3 N–H and O–H groups in total. The van der Waals surface area contributed by atoms with Gasteiger partial charge in [0.05, 0.1) is 11.0 Å². The summed E-state index contributed by atoms with van der Waals surface area (Å²) < 4.78 is 0.887. The van der Waals surface area contributed by atoms with Gasteiger partial charge in [0, 0.05) is 19.2 Å². The second kappa shape index (κ2) is 8.99. The van der Waals surface area contributed by atoms with Crippen LogP contribution in [0.25, 0.3) is 11.0 Å². The molecule has 0 amide bonds. The van der Waals surface area contributed by atoms with Crippen LogP contribution in [0.5, 0.6) is 0 Å². The normalized spacial score (nSPS) is 14.4. The Hall–Kier alpha value is -0.981. The summed E-state index contributed by atoms with van der Waals surface area (Å²) in [6, 6.07) is 5.27. The van der Waals surface area contributed by atoms with E-state index in [0.29, 0.717) is 12.8 Å². The number of carbonyl (C=O) groups is 1. The second-order valence-corrected chi connectivity index (χ2v) is 12.5. The molecule has 0 saturated heterocycles. The fourth-order valence-electron chi connectivity index (χ4n) is 3.88. The molecule has 0 aliphatic rings. The van der Waals surface area contributed by atoms with Crippen LogP contribution in [0.2, 0.25) is 0 Å². The van der Waals surface area contributed by atoms with Crippen LogP contribution in [0, 0.1) is 0 Å². The Bertz CT molecular complexity index is 980. The number of hydrogen-bond donors (Lipinski definition) is 2. The monoisotopic (exact) mass is 468 g/mol. The third-order valence-corrected chi connectivity index (χ3v) is 8.16. The summed E-state index contributed by atoms with van der Waals surface area (Å²) in [4.78, 5) is 18.2. The lowest BCUT2D eigenvalue weighted by molar-refractivity contribution is -0.138. The molecule has 0 saturated carbocycles. The Balaban J connectivity index is 2.61. The van der Waals surface area contributed by atoms with Crippen LogP contribution >= 0.6 is 23.2 Å². The van der Waals surface area contributed by atoms with E-state index in [2.05, 4.69) is 48.4 Å². The number of halogens is 2. The van der Waals surface area contributed by atoms with Gasteiger partial charge in [0.25, 0.3) is 0 Å². The summed E-state index contributed by atoms with van der Waals surface area (Å²) in [6.45, 7) is 0. The molecule has 2 aromatic rings. The van der Waals surface area contributed by atoms with Gasteiger partial charge in [-0.3, -0.25) is 4.79 Å².